The number of fused-ring (bicyclic) bond motifs is 13. The fraction of sp³-hybridized carbons (Fsp3) is 0. The molecule has 0 spiro atoms. The Bertz CT molecular complexity index is 6480. The van der Waals surface area contributed by atoms with E-state index in [4.69, 9.17) is 38.1 Å². The van der Waals surface area contributed by atoms with Crippen molar-refractivity contribution in [3.8, 4) is 86.3 Å². The van der Waals surface area contributed by atoms with Crippen molar-refractivity contribution in [2.75, 3.05) is 24.5 Å². The zero-order valence-corrected chi connectivity index (χ0v) is 72.9. The van der Waals surface area contributed by atoms with Gasteiger partial charge < -0.3 is 62.2 Å². The second-order valence-electron chi connectivity index (χ2n) is 28.1. The topological polar surface area (TPSA) is 163 Å². The van der Waals surface area contributed by atoms with E-state index < -0.39 is 0 Å². The molecule has 0 fully saturated rings. The molecule has 0 amide bonds. The number of ether oxygens (including phenoxy) is 7. The van der Waals surface area contributed by atoms with Crippen LogP contribution in [0.3, 0.4) is 0 Å². The van der Waals surface area contributed by atoms with Crippen molar-refractivity contribution < 1.29 is 96.4 Å². The quantitative estimate of drug-likeness (QED) is 0.106. The minimum Gasteiger partial charge on any atom is -0.509 e. The average Bonchev–Trinajstić information content (AvgIpc) is 1.63. The normalized spacial score (nSPS) is 12.3. The fourth-order valence-corrected chi connectivity index (χ4v) is 16.3. The van der Waals surface area contributed by atoms with Gasteiger partial charge in [0.25, 0.3) is 0 Å². The van der Waals surface area contributed by atoms with E-state index in [0.29, 0.717) is 80.8 Å². The number of benzene rings is 12. The standard InChI is InChI=1S/C34H20N4O3.C34H20N4O2S.C34H20N4O2.3Pt/c1-3-15-29-27(13-1)37(33-31(40-29)17-7-19-35-33)23-9-5-11-25(21-23)39-26-12-6-10-24(22-26)38-28-14-2-4-16-30(28)41-32-18-8-20-36-34(32)38;1-3-15-29-27(13-1)37(33-30(40-29)16-7-19-35-33)23-9-5-11-25(21-23)39-26-12-6-10-24(22-26)38-28-14-2-4-17-31(28)41-32-18-8-20-36-34(32)38;1-2-12-28-26(11-1)27-18-17-25(22-30(27)38(28)33-16-5-6-19-35-33)39-24-10-7-9-23(21-24)37-29-13-3-4-14-31(29)40-32-15-8-20-36-34(32)37;;;/h2*1-20H;1-20H;;;/q3*-2;3*+2. The molecule has 606 valence electrons. The summed E-state index contributed by atoms with van der Waals surface area (Å²) in [7, 11) is 0. The molecule has 19 aromatic rings. The number of aromatic nitrogens is 7. The number of anilines is 15. The van der Waals surface area contributed by atoms with Gasteiger partial charge in [-0.25, -0.2) is 29.9 Å². The van der Waals surface area contributed by atoms with E-state index in [-0.39, 0.29) is 63.2 Å². The first-order chi connectivity index (χ1) is 60.5. The van der Waals surface area contributed by atoms with Crippen LogP contribution in [-0.2, 0) is 63.2 Å². The molecule has 5 aliphatic heterocycles. The van der Waals surface area contributed by atoms with Gasteiger partial charge in [-0.1, -0.05) is 131 Å². The second-order valence-corrected chi connectivity index (χ2v) is 29.2. The monoisotopic (exact) mass is 2180 g/mol. The number of pyridine rings is 6. The Labute approximate surface area is 765 Å². The summed E-state index contributed by atoms with van der Waals surface area (Å²) in [5.74, 6) is 13.5. The van der Waals surface area contributed by atoms with Crippen molar-refractivity contribution in [2.45, 2.75) is 9.79 Å². The molecule has 12 heterocycles. The van der Waals surface area contributed by atoms with E-state index in [0.717, 1.165) is 123 Å². The van der Waals surface area contributed by atoms with Crippen LogP contribution in [0.5, 0.6) is 80.5 Å². The van der Waals surface area contributed by atoms with Crippen LogP contribution in [0.25, 0.3) is 27.6 Å². The van der Waals surface area contributed by atoms with Gasteiger partial charge in [0.15, 0.2) is 69.3 Å². The molecule has 0 aliphatic carbocycles. The van der Waals surface area contributed by atoms with Gasteiger partial charge in [0, 0.05) is 82.1 Å². The van der Waals surface area contributed by atoms with Crippen LogP contribution in [0, 0.1) is 36.4 Å². The zero-order chi connectivity index (χ0) is 80.8. The van der Waals surface area contributed by atoms with Crippen molar-refractivity contribution in [2.24, 2.45) is 0 Å². The van der Waals surface area contributed by atoms with Gasteiger partial charge in [0.1, 0.15) is 11.6 Å². The minimum atomic E-state index is 0. The van der Waals surface area contributed by atoms with E-state index in [1.54, 1.807) is 42.7 Å². The first-order valence-corrected chi connectivity index (χ1v) is 39.9. The molecule has 0 bridgehead atoms. The molecule has 0 unspecified atom stereocenters. The molecular weight excluding hydrogens is 2120 g/mol. The van der Waals surface area contributed by atoms with E-state index in [1.165, 1.54) is 0 Å². The van der Waals surface area contributed by atoms with Crippen molar-refractivity contribution in [1.82, 2.24) is 34.5 Å². The molecule has 19 nitrogen and oxygen atoms in total. The van der Waals surface area contributed by atoms with Gasteiger partial charge in [-0.05, 0) is 145 Å². The van der Waals surface area contributed by atoms with Crippen molar-refractivity contribution >= 4 is 120 Å². The molecule has 23 heteroatoms. The maximum atomic E-state index is 6.36. The Morgan fingerprint density at radius 2 is 0.544 bits per heavy atom. The summed E-state index contributed by atoms with van der Waals surface area (Å²) in [5.41, 5.74) is 10.5. The van der Waals surface area contributed by atoms with E-state index in [1.807, 2.05) is 311 Å². The van der Waals surface area contributed by atoms with Crippen LogP contribution >= 0.6 is 11.8 Å². The maximum Gasteiger partial charge on any atom is 2.00 e. The van der Waals surface area contributed by atoms with Gasteiger partial charge in [0.2, 0.25) is 0 Å². The zero-order valence-electron chi connectivity index (χ0n) is 65.2. The molecule has 12 aromatic carbocycles. The molecule has 0 radical (unpaired) electrons. The molecule has 0 atom stereocenters. The Hall–Kier alpha value is -14.6. The van der Waals surface area contributed by atoms with Crippen molar-refractivity contribution in [3.63, 3.8) is 0 Å². The molecule has 5 aliphatic rings. The van der Waals surface area contributed by atoms with Crippen LogP contribution in [0.15, 0.2) is 375 Å². The van der Waals surface area contributed by atoms with Gasteiger partial charge in [-0.2, -0.15) is 36.4 Å². The van der Waals surface area contributed by atoms with Gasteiger partial charge in [-0.3, -0.25) is 0 Å². The van der Waals surface area contributed by atoms with Crippen LogP contribution in [0.1, 0.15) is 0 Å². The van der Waals surface area contributed by atoms with Gasteiger partial charge in [0.05, 0.1) is 33.3 Å². The van der Waals surface area contributed by atoms with Gasteiger partial charge >= 0.3 is 63.2 Å². The molecule has 0 saturated carbocycles. The summed E-state index contributed by atoms with van der Waals surface area (Å²) in [6.07, 6.45) is 10.6. The summed E-state index contributed by atoms with van der Waals surface area (Å²) >= 11 is 1.72. The Balaban J connectivity index is 0.000000121. The largest absolute Gasteiger partial charge is 2.00 e. The predicted octanol–water partition coefficient (Wildman–Crippen LogP) is 26.9. The first-order valence-electron chi connectivity index (χ1n) is 39.1. The number of rotatable bonds is 12. The number of nitrogens with zero attached hydrogens (tertiary/aromatic N) is 12. The van der Waals surface area contributed by atoms with Crippen LogP contribution in [-0.4, -0.2) is 34.5 Å². The minimum absolute atomic E-state index is 0. The van der Waals surface area contributed by atoms with Crippen molar-refractivity contribution in [3.05, 3.63) is 401 Å². The summed E-state index contributed by atoms with van der Waals surface area (Å²) in [6, 6.07) is 127. The number of para-hydroxylation sites is 10. The third-order valence-corrected chi connectivity index (χ3v) is 21.6. The Morgan fingerprint density at radius 1 is 0.232 bits per heavy atom. The fourth-order valence-electron chi connectivity index (χ4n) is 15.3. The maximum absolute atomic E-state index is 6.36. The summed E-state index contributed by atoms with van der Waals surface area (Å²) < 4.78 is 45.6. The third kappa shape index (κ3) is 15.5. The summed E-state index contributed by atoms with van der Waals surface area (Å²) in [6.45, 7) is 0. The molecule has 0 saturated heterocycles. The smallest absolute Gasteiger partial charge is 0.509 e. The SMILES string of the molecule is [Pt+2].[Pt+2].[Pt+2].[c-]1c(Oc2[c-]c(N3c4ccccc4Oc4cccnc43)ccc2)cccc1N1c2ccccc2Oc2cccnc21.[c-]1c(Oc2[c-]c(N3c4ccccc4Sc4cccnc43)ccc2)cccc1N1c2ccccc2Oc2cccnc21.[c-]1c(Oc2[c-]c3c(cc2)c2ccccc2n3-c2ccccn2)cccc1N1c2ccccc2Oc2cccnc21. The Kier molecular flexibility index (Phi) is 22.5. The molecule has 125 heavy (non-hydrogen) atoms. The third-order valence-electron chi connectivity index (χ3n) is 20.5. The van der Waals surface area contributed by atoms with Crippen LogP contribution in [0.4, 0.5) is 86.0 Å². The van der Waals surface area contributed by atoms with E-state index in [9.17, 15) is 0 Å². The predicted molar refractivity (Wildman–Crippen MR) is 471 cm³/mol. The number of hydrogen-bond donors (Lipinski definition) is 0. The van der Waals surface area contributed by atoms with Crippen LogP contribution in [0.2, 0.25) is 0 Å². The summed E-state index contributed by atoms with van der Waals surface area (Å²) in [5, 5.41) is 2.22. The van der Waals surface area contributed by atoms with E-state index >= 15 is 0 Å². The van der Waals surface area contributed by atoms with E-state index in [2.05, 4.69) is 113 Å². The molecule has 7 aromatic heterocycles. The summed E-state index contributed by atoms with van der Waals surface area (Å²) in [4.78, 5) is 40.2. The van der Waals surface area contributed by atoms with Crippen LogP contribution < -0.4 is 57.7 Å². The second kappa shape index (κ2) is 35.1. The molecule has 0 N–H and O–H groups in total. The Morgan fingerprint density at radius 3 is 0.944 bits per heavy atom. The average molecular weight is 2180 g/mol. The molecular formula is C102H60N12O7Pt3S. The molecule has 24 rings (SSSR count). The number of hydrogen-bond acceptors (Lipinski definition) is 19. The van der Waals surface area contributed by atoms with Gasteiger partial charge in [-0.15, -0.1) is 109 Å². The first kappa shape index (κ1) is 80.1. The van der Waals surface area contributed by atoms with Crippen molar-refractivity contribution in [1.29, 1.82) is 0 Å².